The lowest BCUT2D eigenvalue weighted by Crippen LogP contribution is -2.39. The number of piperidine rings is 1. The summed E-state index contributed by atoms with van der Waals surface area (Å²) in [5.74, 6) is -0.00322. The van der Waals surface area contributed by atoms with Gasteiger partial charge in [0.2, 0.25) is 0 Å². The van der Waals surface area contributed by atoms with Gasteiger partial charge < -0.3 is 20.4 Å². The van der Waals surface area contributed by atoms with Crippen molar-refractivity contribution in [3.8, 4) is 0 Å². The first-order valence-corrected chi connectivity index (χ1v) is 14.4. The minimum atomic E-state index is -1.45. The third-order valence-electron chi connectivity index (χ3n) is 7.81. The van der Waals surface area contributed by atoms with Crippen LogP contribution in [0.1, 0.15) is 47.3 Å². The van der Waals surface area contributed by atoms with E-state index in [1.165, 1.54) is 0 Å². The highest BCUT2D eigenvalue weighted by molar-refractivity contribution is 6.30. The van der Waals surface area contributed by atoms with Gasteiger partial charge in [0, 0.05) is 51.7 Å². The maximum absolute atomic E-state index is 9.37. The normalized spacial score (nSPS) is 14.2. The number of halogens is 2. The summed E-state index contributed by atoms with van der Waals surface area (Å²) < 4.78 is 0. The van der Waals surface area contributed by atoms with E-state index in [1.54, 1.807) is 12.1 Å². The molecule has 0 aliphatic carbocycles. The summed E-state index contributed by atoms with van der Waals surface area (Å²) in [6.45, 7) is 1.80. The van der Waals surface area contributed by atoms with Crippen molar-refractivity contribution in [2.24, 2.45) is 0 Å². The van der Waals surface area contributed by atoms with E-state index in [2.05, 4.69) is 56.8 Å². The molecule has 0 atom stereocenters. The van der Waals surface area contributed by atoms with E-state index < -0.39 is 6.29 Å². The second-order valence-corrected chi connectivity index (χ2v) is 11.3. The van der Waals surface area contributed by atoms with Crippen LogP contribution in [-0.2, 0) is 0 Å². The van der Waals surface area contributed by atoms with Gasteiger partial charge in [0.25, 0.3) is 0 Å². The Hall–Kier alpha value is -3.68. The first-order valence-electron chi connectivity index (χ1n) is 13.7. The molecule has 4 aromatic carbocycles. The highest BCUT2D eigenvalue weighted by Crippen LogP contribution is 2.36. The molecule has 1 aliphatic heterocycles. The number of benzene rings is 4. The van der Waals surface area contributed by atoms with E-state index in [-0.39, 0.29) is 5.92 Å². The molecule has 5 aromatic rings. The molecule has 0 unspecified atom stereocenters. The van der Waals surface area contributed by atoms with Crippen molar-refractivity contribution >= 4 is 45.5 Å². The molecule has 1 saturated heterocycles. The van der Waals surface area contributed by atoms with Crippen molar-refractivity contribution in [3.63, 3.8) is 0 Å². The SMILES string of the molecule is OC(O)c1ccc(N2CCC(Nc3cnnc4ccc(C(c5ccc(Cl)cc5)c5ccc(Cl)cc5)cc34)CC2)cc1. The van der Waals surface area contributed by atoms with Crippen LogP contribution in [0.15, 0.2) is 97.2 Å². The van der Waals surface area contributed by atoms with Crippen molar-refractivity contribution < 1.29 is 10.2 Å². The minimum Gasteiger partial charge on any atom is -0.380 e. The van der Waals surface area contributed by atoms with Gasteiger partial charge in [0.05, 0.1) is 17.4 Å². The zero-order chi connectivity index (χ0) is 28.3. The van der Waals surface area contributed by atoms with Crippen LogP contribution in [0.2, 0.25) is 10.0 Å². The summed E-state index contributed by atoms with van der Waals surface area (Å²) in [5, 5.41) is 33.6. The first-order chi connectivity index (χ1) is 19.9. The number of anilines is 2. The van der Waals surface area contributed by atoms with Crippen LogP contribution in [0.25, 0.3) is 10.9 Å². The Balaban J connectivity index is 1.25. The van der Waals surface area contributed by atoms with Crippen molar-refractivity contribution in [2.45, 2.75) is 31.1 Å². The van der Waals surface area contributed by atoms with E-state index in [9.17, 15) is 10.2 Å². The summed E-state index contributed by atoms with van der Waals surface area (Å²) in [5.41, 5.74) is 6.82. The lowest BCUT2D eigenvalue weighted by Gasteiger charge is -2.34. The second kappa shape index (κ2) is 12.0. The van der Waals surface area contributed by atoms with Crippen molar-refractivity contribution in [3.05, 3.63) is 129 Å². The largest absolute Gasteiger partial charge is 0.380 e. The average molecular weight is 586 g/mol. The Bertz CT molecular complexity index is 1570. The van der Waals surface area contributed by atoms with Gasteiger partial charge >= 0.3 is 0 Å². The second-order valence-electron chi connectivity index (χ2n) is 10.4. The fraction of sp³-hybridized carbons (Fsp3) is 0.212. The Labute approximate surface area is 249 Å². The Morgan fingerprint density at radius 3 is 1.88 bits per heavy atom. The van der Waals surface area contributed by atoms with Gasteiger partial charge in [-0.05, 0) is 78.1 Å². The monoisotopic (exact) mass is 584 g/mol. The number of nitrogens with zero attached hydrogens (tertiary/aromatic N) is 3. The number of aromatic nitrogens is 2. The maximum Gasteiger partial charge on any atom is 0.178 e. The minimum absolute atomic E-state index is 0.00322. The third kappa shape index (κ3) is 6.16. The molecule has 208 valence electrons. The molecule has 0 amide bonds. The molecule has 0 radical (unpaired) electrons. The summed E-state index contributed by atoms with van der Waals surface area (Å²) in [6.07, 6.45) is 2.30. The molecule has 1 fully saturated rings. The topological polar surface area (TPSA) is 81.5 Å². The highest BCUT2D eigenvalue weighted by Gasteiger charge is 2.22. The van der Waals surface area contributed by atoms with Gasteiger partial charge in [-0.2, -0.15) is 10.2 Å². The number of aliphatic hydroxyl groups is 2. The van der Waals surface area contributed by atoms with Gasteiger partial charge in [0.1, 0.15) is 0 Å². The molecule has 6 nitrogen and oxygen atoms in total. The standard InChI is InChI=1S/C33H30Cl2N4O2/c34-25-8-1-21(2-9-25)32(22-3-10-26(35)11-4-22)24-7-14-30-29(19-24)31(20-36-38-30)37-27-15-17-39(18-16-27)28-12-5-23(6-13-28)33(40)41/h1-14,19-20,27,32-33,40-41H,15-18H2,(H,37,38). The summed E-state index contributed by atoms with van der Waals surface area (Å²) in [7, 11) is 0. The third-order valence-corrected chi connectivity index (χ3v) is 8.32. The molecule has 1 aliphatic rings. The van der Waals surface area contributed by atoms with E-state index >= 15 is 0 Å². The number of fused-ring (bicyclic) bond motifs is 1. The molecule has 0 saturated carbocycles. The van der Waals surface area contributed by atoms with Crippen LogP contribution in [0, 0.1) is 0 Å². The molecule has 3 N–H and O–H groups in total. The lowest BCUT2D eigenvalue weighted by molar-refractivity contribution is -0.0424. The quantitative estimate of drug-likeness (QED) is 0.139. The smallest absolute Gasteiger partial charge is 0.178 e. The predicted molar refractivity (Wildman–Crippen MR) is 166 cm³/mol. The first kappa shape index (κ1) is 27.5. The predicted octanol–water partition coefficient (Wildman–Crippen LogP) is 7.18. The van der Waals surface area contributed by atoms with Crippen molar-refractivity contribution in [1.82, 2.24) is 10.2 Å². The molecule has 1 aromatic heterocycles. The summed E-state index contributed by atoms with van der Waals surface area (Å²) in [6, 6.07) is 30.1. The Morgan fingerprint density at radius 2 is 1.29 bits per heavy atom. The molecular formula is C33H30Cl2N4O2. The van der Waals surface area contributed by atoms with Gasteiger partial charge in [-0.15, -0.1) is 0 Å². The lowest BCUT2D eigenvalue weighted by atomic mass is 9.84. The molecule has 6 rings (SSSR count). The molecule has 0 spiro atoms. The van der Waals surface area contributed by atoms with Crippen LogP contribution in [0.3, 0.4) is 0 Å². The van der Waals surface area contributed by atoms with Crippen LogP contribution in [-0.4, -0.2) is 39.5 Å². The number of aliphatic hydroxyl groups excluding tert-OH is 1. The van der Waals surface area contributed by atoms with Crippen LogP contribution in [0.5, 0.6) is 0 Å². The van der Waals surface area contributed by atoms with E-state index in [1.807, 2.05) is 48.7 Å². The molecular weight excluding hydrogens is 555 g/mol. The molecule has 8 heteroatoms. The summed E-state index contributed by atoms with van der Waals surface area (Å²) >= 11 is 12.4. The molecule has 0 bridgehead atoms. The van der Waals surface area contributed by atoms with Gasteiger partial charge in [-0.1, -0.05) is 65.7 Å². The molecule has 2 heterocycles. The zero-order valence-electron chi connectivity index (χ0n) is 22.3. The zero-order valence-corrected chi connectivity index (χ0v) is 23.8. The highest BCUT2D eigenvalue weighted by atomic mass is 35.5. The van der Waals surface area contributed by atoms with Crippen LogP contribution in [0.4, 0.5) is 11.4 Å². The Morgan fingerprint density at radius 1 is 0.732 bits per heavy atom. The van der Waals surface area contributed by atoms with E-state index in [0.717, 1.165) is 64.9 Å². The summed E-state index contributed by atoms with van der Waals surface area (Å²) in [4.78, 5) is 2.33. The molecule has 41 heavy (non-hydrogen) atoms. The van der Waals surface area contributed by atoms with Crippen molar-refractivity contribution in [2.75, 3.05) is 23.3 Å². The van der Waals surface area contributed by atoms with Crippen LogP contribution < -0.4 is 10.2 Å². The Kier molecular flexibility index (Phi) is 8.08. The van der Waals surface area contributed by atoms with Gasteiger partial charge in [-0.25, -0.2) is 0 Å². The average Bonchev–Trinajstić information content (AvgIpc) is 3.00. The van der Waals surface area contributed by atoms with Gasteiger partial charge in [-0.3, -0.25) is 0 Å². The number of hydrogen-bond donors (Lipinski definition) is 3. The van der Waals surface area contributed by atoms with Gasteiger partial charge in [0.15, 0.2) is 6.29 Å². The van der Waals surface area contributed by atoms with E-state index in [4.69, 9.17) is 23.2 Å². The van der Waals surface area contributed by atoms with Crippen molar-refractivity contribution in [1.29, 1.82) is 0 Å². The van der Waals surface area contributed by atoms with Crippen LogP contribution >= 0.6 is 23.2 Å². The fourth-order valence-electron chi connectivity index (χ4n) is 5.62. The van der Waals surface area contributed by atoms with E-state index in [0.29, 0.717) is 21.7 Å². The number of nitrogens with one attached hydrogen (secondary N) is 1. The fourth-order valence-corrected chi connectivity index (χ4v) is 5.87. The number of hydrogen-bond acceptors (Lipinski definition) is 6. The number of rotatable bonds is 7. The maximum atomic E-state index is 9.37.